The fourth-order valence-corrected chi connectivity index (χ4v) is 1.73. The van der Waals surface area contributed by atoms with Crippen LogP contribution < -0.4 is 0 Å². The Morgan fingerprint density at radius 2 is 1.72 bits per heavy atom. The van der Waals surface area contributed by atoms with Crippen LogP contribution in [0.4, 0.5) is 8.78 Å². The summed E-state index contributed by atoms with van der Waals surface area (Å²) < 4.78 is 26.0. The average Bonchev–Trinajstić information content (AvgIpc) is 2.35. The zero-order chi connectivity index (χ0) is 13.1. The molecular formula is C13H9F2NO2. The van der Waals surface area contributed by atoms with Gasteiger partial charge in [-0.05, 0) is 35.4 Å². The van der Waals surface area contributed by atoms with Crippen LogP contribution in [0.1, 0.15) is 17.0 Å². The monoisotopic (exact) mass is 249 g/mol. The molecule has 0 aliphatic rings. The highest BCUT2D eigenvalue weighted by atomic mass is 19.2. The second-order valence-electron chi connectivity index (χ2n) is 3.73. The summed E-state index contributed by atoms with van der Waals surface area (Å²) >= 11 is 0. The van der Waals surface area contributed by atoms with E-state index >= 15 is 0 Å². The van der Waals surface area contributed by atoms with Crippen LogP contribution in [-0.2, 0) is 4.79 Å². The molecule has 2 aromatic rings. The molecule has 0 aliphatic carbocycles. The van der Waals surface area contributed by atoms with Crippen LogP contribution in [-0.4, -0.2) is 16.1 Å². The summed E-state index contributed by atoms with van der Waals surface area (Å²) in [4.78, 5) is 15.0. The van der Waals surface area contributed by atoms with Gasteiger partial charge in [0.25, 0.3) is 0 Å². The lowest BCUT2D eigenvalue weighted by Crippen LogP contribution is -2.13. The van der Waals surface area contributed by atoms with Crippen molar-refractivity contribution >= 4 is 5.97 Å². The Hall–Kier alpha value is -2.30. The van der Waals surface area contributed by atoms with Crippen molar-refractivity contribution in [3.05, 3.63) is 65.5 Å². The van der Waals surface area contributed by atoms with Gasteiger partial charge in [-0.2, -0.15) is 0 Å². The smallest absolute Gasteiger partial charge is 0.315 e. The van der Waals surface area contributed by atoms with Crippen molar-refractivity contribution in [2.75, 3.05) is 0 Å². The van der Waals surface area contributed by atoms with Gasteiger partial charge in [-0.15, -0.1) is 0 Å². The second-order valence-corrected chi connectivity index (χ2v) is 3.73. The molecule has 2 rings (SSSR count). The van der Waals surface area contributed by atoms with Gasteiger partial charge in [0.15, 0.2) is 11.6 Å². The molecule has 1 aromatic carbocycles. The van der Waals surface area contributed by atoms with Crippen LogP contribution >= 0.6 is 0 Å². The fraction of sp³-hybridized carbons (Fsp3) is 0.0769. The molecule has 0 saturated carbocycles. The lowest BCUT2D eigenvalue weighted by atomic mass is 9.92. The van der Waals surface area contributed by atoms with E-state index in [1.807, 2.05) is 0 Å². The standard InChI is InChI=1S/C13H9F2NO2/c14-10-2-1-9(7-11(10)15)12(13(17)18)8-3-5-16-6-4-8/h1-7,12H,(H,17,18). The highest BCUT2D eigenvalue weighted by molar-refractivity contribution is 5.80. The van der Waals surface area contributed by atoms with E-state index in [1.165, 1.54) is 30.6 Å². The molecule has 0 aliphatic heterocycles. The molecule has 0 spiro atoms. The zero-order valence-corrected chi connectivity index (χ0v) is 9.18. The van der Waals surface area contributed by atoms with Crippen LogP contribution in [0.2, 0.25) is 0 Å². The normalized spacial score (nSPS) is 12.1. The molecule has 0 radical (unpaired) electrons. The third kappa shape index (κ3) is 2.34. The Morgan fingerprint density at radius 1 is 1.06 bits per heavy atom. The number of aliphatic carboxylic acids is 1. The summed E-state index contributed by atoms with van der Waals surface area (Å²) in [7, 11) is 0. The number of carboxylic acids is 1. The van der Waals surface area contributed by atoms with Gasteiger partial charge in [0.05, 0.1) is 0 Å². The summed E-state index contributed by atoms with van der Waals surface area (Å²) in [5.41, 5.74) is 0.649. The van der Waals surface area contributed by atoms with Gasteiger partial charge in [-0.25, -0.2) is 8.78 Å². The molecule has 1 N–H and O–H groups in total. The first kappa shape index (κ1) is 12.2. The Labute approximate surface area is 102 Å². The van der Waals surface area contributed by atoms with Crippen LogP contribution in [0.3, 0.4) is 0 Å². The molecular weight excluding hydrogens is 240 g/mol. The second kappa shape index (κ2) is 4.91. The van der Waals surface area contributed by atoms with Gasteiger partial charge in [-0.1, -0.05) is 6.07 Å². The molecule has 92 valence electrons. The van der Waals surface area contributed by atoms with E-state index in [1.54, 1.807) is 0 Å². The lowest BCUT2D eigenvalue weighted by Gasteiger charge is -2.13. The van der Waals surface area contributed by atoms with Crippen LogP contribution in [0.15, 0.2) is 42.7 Å². The topological polar surface area (TPSA) is 50.2 Å². The maximum absolute atomic E-state index is 13.1. The summed E-state index contributed by atoms with van der Waals surface area (Å²) in [6.07, 6.45) is 2.90. The van der Waals surface area contributed by atoms with Gasteiger partial charge in [-0.3, -0.25) is 9.78 Å². The van der Waals surface area contributed by atoms with E-state index < -0.39 is 23.5 Å². The number of benzene rings is 1. The van der Waals surface area contributed by atoms with Crippen LogP contribution in [0, 0.1) is 11.6 Å². The number of nitrogens with zero attached hydrogens (tertiary/aromatic N) is 1. The summed E-state index contributed by atoms with van der Waals surface area (Å²) in [6.45, 7) is 0. The fourth-order valence-electron chi connectivity index (χ4n) is 1.73. The van der Waals surface area contributed by atoms with Crippen molar-refractivity contribution in [1.82, 2.24) is 4.98 Å². The van der Waals surface area contributed by atoms with E-state index in [9.17, 15) is 18.7 Å². The SMILES string of the molecule is O=C(O)C(c1ccncc1)c1ccc(F)c(F)c1. The molecule has 0 bridgehead atoms. The molecule has 3 nitrogen and oxygen atoms in total. The summed E-state index contributed by atoms with van der Waals surface area (Å²) in [6, 6.07) is 6.13. The molecule has 0 saturated heterocycles. The zero-order valence-electron chi connectivity index (χ0n) is 9.18. The lowest BCUT2D eigenvalue weighted by molar-refractivity contribution is -0.137. The summed E-state index contributed by atoms with van der Waals surface area (Å²) in [5, 5.41) is 9.20. The number of halogens is 2. The molecule has 18 heavy (non-hydrogen) atoms. The first-order valence-electron chi connectivity index (χ1n) is 5.17. The van der Waals surface area contributed by atoms with E-state index in [0.29, 0.717) is 5.56 Å². The Kier molecular flexibility index (Phi) is 3.32. The number of aromatic nitrogens is 1. The number of carbonyl (C=O) groups is 1. The highest BCUT2D eigenvalue weighted by Crippen LogP contribution is 2.25. The first-order valence-corrected chi connectivity index (χ1v) is 5.17. The Balaban J connectivity index is 2.49. The number of hydrogen-bond donors (Lipinski definition) is 1. The van der Waals surface area contributed by atoms with Crippen molar-refractivity contribution in [3.63, 3.8) is 0 Å². The number of hydrogen-bond acceptors (Lipinski definition) is 2. The molecule has 0 fully saturated rings. The minimum absolute atomic E-state index is 0.188. The first-order chi connectivity index (χ1) is 8.59. The van der Waals surface area contributed by atoms with Crippen LogP contribution in [0.5, 0.6) is 0 Å². The minimum Gasteiger partial charge on any atom is -0.481 e. The minimum atomic E-state index is -1.13. The quantitative estimate of drug-likeness (QED) is 0.909. The van der Waals surface area contributed by atoms with Gasteiger partial charge in [0.1, 0.15) is 5.92 Å². The molecule has 1 unspecified atom stereocenters. The Bertz CT molecular complexity index is 572. The third-order valence-electron chi connectivity index (χ3n) is 2.56. The maximum atomic E-state index is 13.1. The van der Waals surface area contributed by atoms with Crippen molar-refractivity contribution in [2.45, 2.75) is 5.92 Å². The predicted octanol–water partition coefficient (Wildman–Crippen LogP) is 2.58. The van der Waals surface area contributed by atoms with Gasteiger partial charge >= 0.3 is 5.97 Å². The highest BCUT2D eigenvalue weighted by Gasteiger charge is 2.23. The van der Waals surface area contributed by atoms with E-state index in [2.05, 4.69) is 4.98 Å². The van der Waals surface area contributed by atoms with E-state index in [-0.39, 0.29) is 5.56 Å². The van der Waals surface area contributed by atoms with Crippen molar-refractivity contribution in [3.8, 4) is 0 Å². The molecule has 1 atom stereocenters. The van der Waals surface area contributed by atoms with Crippen molar-refractivity contribution in [1.29, 1.82) is 0 Å². The number of carboxylic acid groups (broad SMARTS) is 1. The molecule has 5 heteroatoms. The maximum Gasteiger partial charge on any atom is 0.315 e. The van der Waals surface area contributed by atoms with Gasteiger partial charge < -0.3 is 5.11 Å². The molecule has 1 heterocycles. The van der Waals surface area contributed by atoms with E-state index in [0.717, 1.165) is 12.1 Å². The average molecular weight is 249 g/mol. The van der Waals surface area contributed by atoms with Crippen molar-refractivity contribution < 1.29 is 18.7 Å². The molecule has 0 amide bonds. The number of pyridine rings is 1. The predicted molar refractivity (Wildman–Crippen MR) is 60.1 cm³/mol. The van der Waals surface area contributed by atoms with Gasteiger partial charge in [0, 0.05) is 12.4 Å². The largest absolute Gasteiger partial charge is 0.481 e. The van der Waals surface area contributed by atoms with Gasteiger partial charge in [0.2, 0.25) is 0 Å². The Morgan fingerprint density at radius 3 is 2.28 bits per heavy atom. The van der Waals surface area contributed by atoms with Crippen LogP contribution in [0.25, 0.3) is 0 Å². The van der Waals surface area contributed by atoms with Crippen molar-refractivity contribution in [2.24, 2.45) is 0 Å². The number of rotatable bonds is 3. The third-order valence-corrected chi connectivity index (χ3v) is 2.56. The molecule has 1 aromatic heterocycles. The summed E-state index contributed by atoms with van der Waals surface area (Å²) in [5.74, 6) is -4.24. The van der Waals surface area contributed by atoms with E-state index in [4.69, 9.17) is 0 Å².